The summed E-state index contributed by atoms with van der Waals surface area (Å²) in [5.74, 6) is 4.55. The van der Waals surface area contributed by atoms with Crippen LogP contribution in [0.1, 0.15) is 10.4 Å². The fraction of sp³-hybridized carbons (Fsp3) is 0. The molecule has 0 saturated carbocycles. The molecule has 0 bridgehead atoms. The number of hydrogen-bond donors (Lipinski definition) is 2. The van der Waals surface area contributed by atoms with Crippen LogP contribution in [0.25, 0.3) is 16.9 Å². The van der Waals surface area contributed by atoms with Crippen molar-refractivity contribution >= 4 is 5.91 Å². The minimum Gasteiger partial charge on any atom is -0.290 e. The summed E-state index contributed by atoms with van der Waals surface area (Å²) >= 11 is 0. The number of nitrogens with two attached hydrogens (primary N) is 1. The maximum absolute atomic E-state index is 12.6. The van der Waals surface area contributed by atoms with Crippen LogP contribution in [0.15, 0.2) is 71.8 Å². The number of rotatable bonds is 3. The molecule has 0 fully saturated rings. The molecule has 3 N–H and O–H groups in total. The van der Waals surface area contributed by atoms with Crippen LogP contribution < -0.4 is 16.8 Å². The summed E-state index contributed by atoms with van der Waals surface area (Å²) in [5.41, 5.74) is 3.47. The highest BCUT2D eigenvalue weighted by atomic mass is 16.2. The van der Waals surface area contributed by atoms with Crippen molar-refractivity contribution in [1.29, 1.82) is 0 Å². The van der Waals surface area contributed by atoms with Gasteiger partial charge in [0.2, 0.25) is 0 Å². The van der Waals surface area contributed by atoms with E-state index in [2.05, 4.69) is 4.98 Å². The Labute approximate surface area is 132 Å². The number of amides is 1. The number of nitrogens with one attached hydrogen (secondary N) is 1. The van der Waals surface area contributed by atoms with E-state index in [1.54, 1.807) is 36.7 Å². The van der Waals surface area contributed by atoms with Gasteiger partial charge >= 0.3 is 0 Å². The molecular formula is C17H14N4O2. The van der Waals surface area contributed by atoms with Crippen molar-refractivity contribution in [3.63, 3.8) is 0 Å². The second kappa shape index (κ2) is 6.25. The van der Waals surface area contributed by atoms with Crippen LogP contribution in [-0.2, 0) is 0 Å². The SMILES string of the molecule is NNC(=O)c1cc(-c2ccccn2)cn(-c2ccccc2)c1=O. The molecule has 0 aliphatic heterocycles. The summed E-state index contributed by atoms with van der Waals surface area (Å²) in [7, 11) is 0. The van der Waals surface area contributed by atoms with E-state index in [0.717, 1.165) is 0 Å². The fourth-order valence-corrected chi connectivity index (χ4v) is 2.28. The van der Waals surface area contributed by atoms with Gasteiger partial charge in [-0.15, -0.1) is 0 Å². The zero-order valence-electron chi connectivity index (χ0n) is 12.1. The molecule has 23 heavy (non-hydrogen) atoms. The molecule has 3 rings (SSSR count). The zero-order chi connectivity index (χ0) is 16.2. The monoisotopic (exact) mass is 306 g/mol. The minimum absolute atomic E-state index is 0.0421. The first-order valence-electron chi connectivity index (χ1n) is 6.95. The Morgan fingerprint density at radius 1 is 1.09 bits per heavy atom. The summed E-state index contributed by atoms with van der Waals surface area (Å²) in [6.07, 6.45) is 3.31. The maximum atomic E-state index is 12.6. The Morgan fingerprint density at radius 3 is 2.48 bits per heavy atom. The molecule has 0 saturated heterocycles. The van der Waals surface area contributed by atoms with Gasteiger partial charge in [-0.05, 0) is 30.3 Å². The van der Waals surface area contributed by atoms with Crippen molar-refractivity contribution in [2.24, 2.45) is 5.84 Å². The predicted octanol–water partition coefficient (Wildman–Crippen LogP) is 1.50. The maximum Gasteiger partial charge on any atom is 0.270 e. The van der Waals surface area contributed by atoms with Crippen molar-refractivity contribution in [1.82, 2.24) is 15.0 Å². The molecule has 3 aromatic rings. The molecule has 0 radical (unpaired) electrons. The predicted molar refractivity (Wildman–Crippen MR) is 86.9 cm³/mol. The van der Waals surface area contributed by atoms with Crippen LogP contribution in [0.4, 0.5) is 0 Å². The van der Waals surface area contributed by atoms with Gasteiger partial charge in [0.25, 0.3) is 11.5 Å². The van der Waals surface area contributed by atoms with Crippen molar-refractivity contribution in [3.05, 3.63) is 82.9 Å². The molecule has 114 valence electrons. The van der Waals surface area contributed by atoms with Crippen molar-refractivity contribution in [2.45, 2.75) is 0 Å². The lowest BCUT2D eigenvalue weighted by Crippen LogP contribution is -2.36. The van der Waals surface area contributed by atoms with E-state index in [1.165, 1.54) is 10.6 Å². The fourth-order valence-electron chi connectivity index (χ4n) is 2.28. The van der Waals surface area contributed by atoms with E-state index in [-0.39, 0.29) is 5.56 Å². The number of nitrogens with zero attached hydrogens (tertiary/aromatic N) is 2. The Morgan fingerprint density at radius 2 is 1.83 bits per heavy atom. The molecule has 0 aliphatic carbocycles. The summed E-state index contributed by atoms with van der Waals surface area (Å²) in [6.45, 7) is 0. The Balaban J connectivity index is 2.27. The summed E-state index contributed by atoms with van der Waals surface area (Å²) in [6, 6.07) is 16.0. The smallest absolute Gasteiger partial charge is 0.270 e. The molecule has 6 nitrogen and oxygen atoms in total. The Kier molecular flexibility index (Phi) is 3.99. The van der Waals surface area contributed by atoms with Crippen LogP contribution in [0.2, 0.25) is 0 Å². The first kappa shape index (κ1) is 14.7. The summed E-state index contributed by atoms with van der Waals surface area (Å²) in [5, 5.41) is 0. The van der Waals surface area contributed by atoms with E-state index in [4.69, 9.17) is 5.84 Å². The van der Waals surface area contributed by atoms with Gasteiger partial charge in [0, 0.05) is 23.6 Å². The van der Waals surface area contributed by atoms with Crippen LogP contribution in [0, 0.1) is 0 Å². The van der Waals surface area contributed by atoms with Gasteiger partial charge < -0.3 is 0 Å². The van der Waals surface area contributed by atoms with Crippen LogP contribution in [0.3, 0.4) is 0 Å². The van der Waals surface area contributed by atoms with Gasteiger partial charge in [-0.25, -0.2) is 5.84 Å². The summed E-state index contributed by atoms with van der Waals surface area (Å²) in [4.78, 5) is 28.8. The van der Waals surface area contributed by atoms with Gasteiger partial charge in [0.05, 0.1) is 5.69 Å². The topological polar surface area (TPSA) is 90.0 Å². The van der Waals surface area contributed by atoms with Crippen LogP contribution in [-0.4, -0.2) is 15.5 Å². The highest BCUT2D eigenvalue weighted by Gasteiger charge is 2.15. The first-order valence-corrected chi connectivity index (χ1v) is 6.95. The van der Waals surface area contributed by atoms with E-state index in [9.17, 15) is 9.59 Å². The standard InChI is InChI=1S/C17H14N4O2/c18-20-16(22)14-10-12(15-8-4-5-9-19-15)11-21(17(14)23)13-6-2-1-3-7-13/h1-11H,18H2,(H,20,22). The quantitative estimate of drug-likeness (QED) is 0.436. The highest BCUT2D eigenvalue weighted by molar-refractivity contribution is 5.94. The third-order valence-electron chi connectivity index (χ3n) is 3.39. The molecule has 6 heteroatoms. The van der Waals surface area contributed by atoms with Gasteiger partial charge in [-0.3, -0.25) is 24.6 Å². The van der Waals surface area contributed by atoms with Crippen LogP contribution >= 0.6 is 0 Å². The molecule has 0 aliphatic rings. The van der Waals surface area contributed by atoms with Crippen molar-refractivity contribution < 1.29 is 4.79 Å². The van der Waals surface area contributed by atoms with E-state index in [0.29, 0.717) is 16.9 Å². The lowest BCUT2D eigenvalue weighted by Gasteiger charge is -2.11. The molecular weight excluding hydrogens is 292 g/mol. The lowest BCUT2D eigenvalue weighted by atomic mass is 10.1. The third-order valence-corrected chi connectivity index (χ3v) is 3.39. The number of nitrogen functional groups attached to an aromatic ring is 1. The normalized spacial score (nSPS) is 10.3. The minimum atomic E-state index is -0.641. The largest absolute Gasteiger partial charge is 0.290 e. The molecule has 1 aromatic carbocycles. The van der Waals surface area contributed by atoms with Crippen LogP contribution in [0.5, 0.6) is 0 Å². The highest BCUT2D eigenvalue weighted by Crippen LogP contribution is 2.18. The van der Waals surface area contributed by atoms with E-state index >= 15 is 0 Å². The number of benzene rings is 1. The molecule has 0 atom stereocenters. The summed E-state index contributed by atoms with van der Waals surface area (Å²) < 4.78 is 1.41. The third kappa shape index (κ3) is 2.88. The molecule has 0 unspecified atom stereocenters. The number of pyridine rings is 2. The zero-order valence-corrected chi connectivity index (χ0v) is 12.1. The average molecular weight is 306 g/mol. The number of carbonyl (C=O) groups is 1. The van der Waals surface area contributed by atoms with Crippen molar-refractivity contribution in [2.75, 3.05) is 0 Å². The second-order valence-electron chi connectivity index (χ2n) is 4.84. The Hall–Kier alpha value is -3.25. The molecule has 0 spiro atoms. The molecule has 1 amide bonds. The number of para-hydroxylation sites is 1. The lowest BCUT2D eigenvalue weighted by molar-refractivity contribution is 0.0952. The first-order chi connectivity index (χ1) is 11.2. The average Bonchev–Trinajstić information content (AvgIpc) is 2.62. The van der Waals surface area contributed by atoms with Gasteiger partial charge in [-0.2, -0.15) is 0 Å². The van der Waals surface area contributed by atoms with Gasteiger partial charge in [-0.1, -0.05) is 24.3 Å². The second-order valence-corrected chi connectivity index (χ2v) is 4.84. The van der Waals surface area contributed by atoms with E-state index < -0.39 is 11.5 Å². The van der Waals surface area contributed by atoms with Crippen molar-refractivity contribution in [3.8, 4) is 16.9 Å². The number of aromatic nitrogens is 2. The number of hydrazine groups is 1. The Bertz CT molecular complexity index is 889. The van der Waals surface area contributed by atoms with Gasteiger partial charge in [0.1, 0.15) is 5.56 Å². The molecule has 2 heterocycles. The van der Waals surface area contributed by atoms with Gasteiger partial charge in [0.15, 0.2) is 0 Å². The number of carbonyl (C=O) groups excluding carboxylic acids is 1. The van der Waals surface area contributed by atoms with E-state index in [1.807, 2.05) is 29.7 Å². The molecule has 2 aromatic heterocycles. The number of hydrogen-bond acceptors (Lipinski definition) is 4.